The van der Waals surface area contributed by atoms with Gasteiger partial charge in [-0.3, -0.25) is 0 Å². The smallest absolute Gasteiger partial charge is 0.194 e. The zero-order chi connectivity index (χ0) is 13.1. The van der Waals surface area contributed by atoms with Gasteiger partial charge in [-0.1, -0.05) is 19.8 Å². The fraction of sp³-hybridized carbons (Fsp3) is 0.571. The number of hydrogen-bond donors (Lipinski definition) is 1. The third-order valence-electron chi connectivity index (χ3n) is 3.61. The van der Waals surface area contributed by atoms with Crippen molar-refractivity contribution in [1.82, 2.24) is 0 Å². The van der Waals surface area contributed by atoms with Gasteiger partial charge >= 0.3 is 0 Å². The van der Waals surface area contributed by atoms with Crippen LogP contribution in [0, 0.1) is 23.4 Å². The van der Waals surface area contributed by atoms with Gasteiger partial charge in [0.05, 0.1) is 0 Å². The normalized spacial score (nSPS) is 24.7. The molecule has 2 unspecified atom stereocenters. The first-order valence-corrected chi connectivity index (χ1v) is 6.47. The minimum absolute atomic E-state index is 0.221. The van der Waals surface area contributed by atoms with Crippen molar-refractivity contribution in [2.75, 3.05) is 5.32 Å². The van der Waals surface area contributed by atoms with E-state index < -0.39 is 17.5 Å². The maximum absolute atomic E-state index is 13.1. The van der Waals surface area contributed by atoms with Gasteiger partial charge in [-0.15, -0.1) is 0 Å². The van der Waals surface area contributed by atoms with Crippen molar-refractivity contribution >= 4 is 5.69 Å². The van der Waals surface area contributed by atoms with Gasteiger partial charge in [0.15, 0.2) is 17.5 Å². The monoisotopic (exact) mass is 257 g/mol. The van der Waals surface area contributed by atoms with Gasteiger partial charge in [0, 0.05) is 23.9 Å². The standard InChI is InChI=1S/C14H18F3N/c1-9-3-2-4-10(6-5-9)18-11-7-12(15)14(17)13(16)8-11/h7-10,18H,2-6H2,1H3. The molecule has 0 amide bonds. The highest BCUT2D eigenvalue weighted by Gasteiger charge is 2.17. The second-order valence-electron chi connectivity index (χ2n) is 5.21. The largest absolute Gasteiger partial charge is 0.382 e. The molecule has 0 radical (unpaired) electrons. The molecule has 1 aromatic carbocycles. The fourth-order valence-electron chi connectivity index (χ4n) is 2.51. The van der Waals surface area contributed by atoms with E-state index in [9.17, 15) is 13.2 Å². The number of hydrogen-bond acceptors (Lipinski definition) is 1. The highest BCUT2D eigenvalue weighted by atomic mass is 19.2. The van der Waals surface area contributed by atoms with Crippen LogP contribution < -0.4 is 5.32 Å². The summed E-state index contributed by atoms with van der Waals surface area (Å²) in [4.78, 5) is 0. The predicted octanol–water partition coefficient (Wildman–Crippen LogP) is 4.48. The fourth-order valence-corrected chi connectivity index (χ4v) is 2.51. The maximum atomic E-state index is 13.1. The van der Waals surface area contributed by atoms with Crippen molar-refractivity contribution in [1.29, 1.82) is 0 Å². The van der Waals surface area contributed by atoms with E-state index in [2.05, 4.69) is 12.2 Å². The Morgan fingerprint density at radius 2 is 1.67 bits per heavy atom. The Labute approximate surface area is 105 Å². The Balaban J connectivity index is 2.05. The summed E-state index contributed by atoms with van der Waals surface area (Å²) in [5, 5.41) is 3.10. The van der Waals surface area contributed by atoms with Crippen LogP contribution in [0.5, 0.6) is 0 Å². The summed E-state index contributed by atoms with van der Waals surface area (Å²) in [6.07, 6.45) is 5.41. The summed E-state index contributed by atoms with van der Waals surface area (Å²) < 4.78 is 39.0. The Morgan fingerprint density at radius 1 is 1.00 bits per heavy atom. The van der Waals surface area contributed by atoms with Crippen LogP contribution in [0.15, 0.2) is 12.1 Å². The van der Waals surface area contributed by atoms with Crippen LogP contribution in [0.25, 0.3) is 0 Å². The average Bonchev–Trinajstić information content (AvgIpc) is 2.51. The molecule has 1 N–H and O–H groups in total. The average molecular weight is 257 g/mol. The molecule has 2 rings (SSSR count). The zero-order valence-corrected chi connectivity index (χ0v) is 10.5. The van der Waals surface area contributed by atoms with Gasteiger partial charge in [0.1, 0.15) is 0 Å². The molecule has 0 heterocycles. The van der Waals surface area contributed by atoms with Crippen molar-refractivity contribution in [2.24, 2.45) is 5.92 Å². The van der Waals surface area contributed by atoms with Gasteiger partial charge in [-0.05, 0) is 25.2 Å². The molecule has 0 aliphatic heterocycles. The van der Waals surface area contributed by atoms with Crippen molar-refractivity contribution in [3.8, 4) is 0 Å². The van der Waals surface area contributed by atoms with Crippen molar-refractivity contribution in [3.63, 3.8) is 0 Å². The van der Waals surface area contributed by atoms with Gasteiger partial charge in [-0.25, -0.2) is 13.2 Å². The SMILES string of the molecule is CC1CCCC(Nc2cc(F)c(F)c(F)c2)CC1. The molecule has 1 aliphatic rings. The predicted molar refractivity (Wildman–Crippen MR) is 66.0 cm³/mol. The van der Waals surface area contributed by atoms with Crippen molar-refractivity contribution in [2.45, 2.75) is 45.1 Å². The molecule has 4 heteroatoms. The van der Waals surface area contributed by atoms with E-state index in [1.54, 1.807) is 0 Å². The highest BCUT2D eigenvalue weighted by molar-refractivity contribution is 5.45. The van der Waals surface area contributed by atoms with Crippen LogP contribution in [-0.4, -0.2) is 6.04 Å². The lowest BCUT2D eigenvalue weighted by Crippen LogP contribution is -2.18. The van der Waals surface area contributed by atoms with Crippen LogP contribution in [0.2, 0.25) is 0 Å². The van der Waals surface area contributed by atoms with Crippen LogP contribution in [-0.2, 0) is 0 Å². The molecule has 18 heavy (non-hydrogen) atoms. The lowest BCUT2D eigenvalue weighted by molar-refractivity contribution is 0.447. The summed E-state index contributed by atoms with van der Waals surface area (Å²) >= 11 is 0. The van der Waals surface area contributed by atoms with Crippen LogP contribution in [0.3, 0.4) is 0 Å². The molecular formula is C14H18F3N. The van der Waals surface area contributed by atoms with Crippen LogP contribution in [0.1, 0.15) is 39.0 Å². The van der Waals surface area contributed by atoms with Crippen molar-refractivity contribution in [3.05, 3.63) is 29.6 Å². The summed E-state index contributed by atoms with van der Waals surface area (Å²) in [7, 11) is 0. The van der Waals surface area contributed by atoms with E-state index in [0.717, 1.165) is 37.8 Å². The molecule has 1 nitrogen and oxygen atoms in total. The van der Waals surface area contributed by atoms with Gasteiger partial charge in [-0.2, -0.15) is 0 Å². The molecule has 1 saturated carbocycles. The first-order valence-electron chi connectivity index (χ1n) is 6.47. The molecule has 0 aromatic heterocycles. The van der Waals surface area contributed by atoms with E-state index in [0.29, 0.717) is 11.6 Å². The van der Waals surface area contributed by atoms with E-state index >= 15 is 0 Å². The highest BCUT2D eigenvalue weighted by Crippen LogP contribution is 2.26. The third-order valence-corrected chi connectivity index (χ3v) is 3.61. The number of nitrogens with one attached hydrogen (secondary N) is 1. The number of benzene rings is 1. The Kier molecular flexibility index (Phi) is 4.15. The number of rotatable bonds is 2. The van der Waals surface area contributed by atoms with Crippen molar-refractivity contribution < 1.29 is 13.2 Å². The van der Waals surface area contributed by atoms with Gasteiger partial charge in [0.25, 0.3) is 0 Å². The Hall–Kier alpha value is -1.19. The summed E-state index contributed by atoms with van der Waals surface area (Å²) in [6.45, 7) is 2.22. The van der Waals surface area contributed by atoms with E-state index in [1.807, 2.05) is 0 Å². The van der Waals surface area contributed by atoms with Crippen LogP contribution in [0.4, 0.5) is 18.9 Å². The van der Waals surface area contributed by atoms with Gasteiger partial charge in [0.2, 0.25) is 0 Å². The lowest BCUT2D eigenvalue weighted by Gasteiger charge is -2.18. The molecule has 2 atom stereocenters. The van der Waals surface area contributed by atoms with E-state index in [4.69, 9.17) is 0 Å². The lowest BCUT2D eigenvalue weighted by atomic mass is 10.0. The number of halogens is 3. The third kappa shape index (κ3) is 3.18. The second-order valence-corrected chi connectivity index (χ2v) is 5.21. The first-order chi connectivity index (χ1) is 8.56. The Bertz CT molecular complexity index is 396. The molecule has 0 saturated heterocycles. The molecule has 1 aliphatic carbocycles. The minimum atomic E-state index is -1.41. The number of anilines is 1. The molecule has 0 bridgehead atoms. The molecular weight excluding hydrogens is 239 g/mol. The minimum Gasteiger partial charge on any atom is -0.382 e. The molecule has 1 fully saturated rings. The summed E-state index contributed by atoms with van der Waals surface area (Å²) in [5.74, 6) is -2.98. The zero-order valence-electron chi connectivity index (χ0n) is 10.5. The molecule has 1 aromatic rings. The molecule has 100 valence electrons. The summed E-state index contributed by atoms with van der Waals surface area (Å²) in [5.41, 5.74) is 0.325. The van der Waals surface area contributed by atoms with E-state index in [1.165, 1.54) is 6.42 Å². The first kappa shape index (κ1) is 13.2. The summed E-state index contributed by atoms with van der Waals surface area (Å²) in [6, 6.07) is 2.26. The quantitative estimate of drug-likeness (QED) is 0.608. The second kappa shape index (κ2) is 5.63. The topological polar surface area (TPSA) is 12.0 Å². The van der Waals surface area contributed by atoms with Crippen LogP contribution >= 0.6 is 0 Å². The maximum Gasteiger partial charge on any atom is 0.194 e. The van der Waals surface area contributed by atoms with Gasteiger partial charge < -0.3 is 5.32 Å². The molecule has 0 spiro atoms. The Morgan fingerprint density at radius 3 is 2.33 bits per heavy atom. The van der Waals surface area contributed by atoms with E-state index in [-0.39, 0.29) is 6.04 Å².